The van der Waals surface area contributed by atoms with Crippen molar-refractivity contribution in [1.29, 1.82) is 0 Å². The summed E-state index contributed by atoms with van der Waals surface area (Å²) < 4.78 is 2.49. The van der Waals surface area contributed by atoms with Gasteiger partial charge in [-0.3, -0.25) is 4.67 Å². The van der Waals surface area contributed by atoms with Gasteiger partial charge in [-0.25, -0.2) is 4.99 Å². The zero-order chi connectivity index (χ0) is 15.9. The second-order valence-corrected chi connectivity index (χ2v) is 10.5. The van der Waals surface area contributed by atoms with Crippen molar-refractivity contribution in [2.24, 2.45) is 4.99 Å². The number of fused-ring (bicyclic) bond motifs is 1. The highest BCUT2D eigenvalue weighted by Gasteiger charge is 2.42. The molecular weight excluding hydrogens is 297 g/mol. The van der Waals surface area contributed by atoms with E-state index in [-0.39, 0.29) is 0 Å². The van der Waals surface area contributed by atoms with E-state index in [1.165, 1.54) is 10.9 Å². The van der Waals surface area contributed by atoms with Crippen LogP contribution in [0.25, 0.3) is 0 Å². The minimum absolute atomic E-state index is 0.396. The highest BCUT2D eigenvalue weighted by atomic mass is 32.4. The lowest BCUT2D eigenvalue weighted by atomic mass is 10.2. The third-order valence-corrected chi connectivity index (χ3v) is 9.01. The molecule has 1 atom stereocenters. The minimum Gasteiger partial charge on any atom is -0.361 e. The molecule has 116 valence electrons. The van der Waals surface area contributed by atoms with Crippen LogP contribution in [0.15, 0.2) is 23.2 Å². The third kappa shape index (κ3) is 2.69. The number of nitrogens with zero attached hydrogens (tertiary/aromatic N) is 3. The lowest BCUT2D eigenvalue weighted by Crippen LogP contribution is -2.41. The van der Waals surface area contributed by atoms with E-state index in [0.717, 1.165) is 11.3 Å². The fourth-order valence-electron chi connectivity index (χ4n) is 3.10. The summed E-state index contributed by atoms with van der Waals surface area (Å²) in [5.41, 5.74) is 3.37. The molecule has 1 heterocycles. The summed E-state index contributed by atoms with van der Waals surface area (Å²) in [6.45, 7) is 11.1. The molecule has 0 radical (unpaired) electrons. The number of aliphatic imine (C=N–C) groups is 1. The van der Waals surface area contributed by atoms with Crippen molar-refractivity contribution in [3.63, 3.8) is 0 Å². The van der Waals surface area contributed by atoms with E-state index in [9.17, 15) is 0 Å². The molecule has 0 saturated carbocycles. The van der Waals surface area contributed by atoms with E-state index in [2.05, 4.69) is 76.5 Å². The molecule has 0 spiro atoms. The molecule has 0 unspecified atom stereocenters. The molecule has 1 aliphatic heterocycles. The molecule has 0 aliphatic carbocycles. The molecule has 1 aromatic rings. The van der Waals surface area contributed by atoms with Crippen molar-refractivity contribution >= 4 is 34.6 Å². The largest absolute Gasteiger partial charge is 0.361 e. The SMILES string of the molecule is Cc1ccc2c(c1)[P@@](=S)(N(C(C)C)C(C)C)C(N(C)C)=N2. The highest BCUT2D eigenvalue weighted by molar-refractivity contribution is 8.25. The number of hydrogen-bond donors (Lipinski definition) is 0. The Morgan fingerprint density at radius 3 is 2.14 bits per heavy atom. The van der Waals surface area contributed by atoms with Crippen LogP contribution in [0.4, 0.5) is 5.69 Å². The van der Waals surface area contributed by atoms with Gasteiger partial charge in [-0.1, -0.05) is 23.4 Å². The normalized spacial score (nSPS) is 21.1. The molecule has 21 heavy (non-hydrogen) atoms. The average molecular weight is 323 g/mol. The monoisotopic (exact) mass is 323 g/mol. The molecule has 0 aromatic heterocycles. The molecular formula is C16H26N3PS. The Labute approximate surface area is 134 Å². The molecule has 0 bridgehead atoms. The number of benzene rings is 1. The van der Waals surface area contributed by atoms with Crippen molar-refractivity contribution < 1.29 is 0 Å². The zero-order valence-electron chi connectivity index (χ0n) is 14.1. The summed E-state index contributed by atoms with van der Waals surface area (Å²) in [7, 11) is 4.11. The van der Waals surface area contributed by atoms with Gasteiger partial charge in [-0.2, -0.15) is 0 Å². The number of rotatable bonds is 3. The van der Waals surface area contributed by atoms with Gasteiger partial charge in [0.2, 0.25) is 0 Å². The molecule has 0 N–H and O–H groups in total. The summed E-state index contributed by atoms with van der Waals surface area (Å²) in [5.74, 6) is 0. The Kier molecular flexibility index (Phi) is 4.63. The number of aryl methyl sites for hydroxylation is 1. The first-order valence-electron chi connectivity index (χ1n) is 7.46. The molecule has 1 aliphatic rings. The first-order valence-corrected chi connectivity index (χ1v) is 10.2. The predicted molar refractivity (Wildman–Crippen MR) is 98.0 cm³/mol. The Hall–Kier alpha value is -0.700. The van der Waals surface area contributed by atoms with Gasteiger partial charge in [0.25, 0.3) is 0 Å². The number of hydrogen-bond acceptors (Lipinski definition) is 3. The van der Waals surface area contributed by atoms with Gasteiger partial charge in [-0.15, -0.1) is 0 Å². The molecule has 1 aromatic carbocycles. The van der Waals surface area contributed by atoms with Crippen molar-refractivity contribution in [2.75, 3.05) is 14.1 Å². The smallest absolute Gasteiger partial charge is 0.156 e. The lowest BCUT2D eigenvalue weighted by molar-refractivity contribution is 0.326. The highest BCUT2D eigenvalue weighted by Crippen LogP contribution is 2.59. The summed E-state index contributed by atoms with van der Waals surface area (Å²) >= 11 is 6.32. The van der Waals surface area contributed by atoms with E-state index in [4.69, 9.17) is 16.8 Å². The topological polar surface area (TPSA) is 18.8 Å². The van der Waals surface area contributed by atoms with Gasteiger partial charge >= 0.3 is 0 Å². The maximum atomic E-state index is 6.32. The van der Waals surface area contributed by atoms with Crippen LogP contribution in [0.3, 0.4) is 0 Å². The third-order valence-electron chi connectivity index (χ3n) is 3.73. The van der Waals surface area contributed by atoms with Gasteiger partial charge in [0, 0.05) is 31.5 Å². The minimum atomic E-state index is -2.03. The van der Waals surface area contributed by atoms with Crippen molar-refractivity contribution in [3.05, 3.63) is 23.8 Å². The van der Waals surface area contributed by atoms with Crippen LogP contribution in [-0.4, -0.2) is 41.3 Å². The van der Waals surface area contributed by atoms with E-state index < -0.39 is 6.19 Å². The summed E-state index contributed by atoms with van der Waals surface area (Å²) in [5, 5.41) is 1.25. The molecule has 5 heteroatoms. The molecule has 0 saturated heterocycles. The summed E-state index contributed by atoms with van der Waals surface area (Å²) in [6.07, 6.45) is -2.03. The predicted octanol–water partition coefficient (Wildman–Crippen LogP) is 3.70. The lowest BCUT2D eigenvalue weighted by Gasteiger charge is -2.41. The van der Waals surface area contributed by atoms with Crippen molar-refractivity contribution in [2.45, 2.75) is 46.7 Å². The fraction of sp³-hybridized carbons (Fsp3) is 0.562. The van der Waals surface area contributed by atoms with Crippen molar-refractivity contribution in [3.8, 4) is 0 Å². The summed E-state index contributed by atoms with van der Waals surface area (Å²) in [4.78, 5) is 6.98. The quantitative estimate of drug-likeness (QED) is 0.791. The Morgan fingerprint density at radius 1 is 1.10 bits per heavy atom. The maximum absolute atomic E-state index is 6.32. The fourth-order valence-corrected chi connectivity index (χ4v) is 8.85. The Morgan fingerprint density at radius 2 is 1.67 bits per heavy atom. The zero-order valence-corrected chi connectivity index (χ0v) is 15.8. The average Bonchev–Trinajstić information content (AvgIpc) is 2.62. The standard InChI is InChI=1S/C16H26N3PS/c1-11(2)19(12(3)4)20(21)15-10-13(5)8-9-14(15)17-16(20)18(6)7/h8-12H,1-7H3/t20-/m0/s1. The number of amidine groups is 1. The molecule has 3 nitrogen and oxygen atoms in total. The first-order chi connectivity index (χ1) is 9.69. The Balaban J connectivity index is 2.71. The second-order valence-electron chi connectivity index (χ2n) is 6.44. The molecule has 0 amide bonds. The van der Waals surface area contributed by atoms with E-state index in [0.29, 0.717) is 12.1 Å². The maximum Gasteiger partial charge on any atom is 0.156 e. The van der Waals surface area contributed by atoms with Crippen LogP contribution >= 0.6 is 6.19 Å². The second kappa shape index (κ2) is 5.83. The van der Waals surface area contributed by atoms with E-state index >= 15 is 0 Å². The molecule has 2 rings (SSSR count). The molecule has 0 fully saturated rings. The van der Waals surface area contributed by atoms with Gasteiger partial charge in [0.15, 0.2) is 5.58 Å². The van der Waals surface area contributed by atoms with Crippen LogP contribution < -0.4 is 5.30 Å². The van der Waals surface area contributed by atoms with Crippen LogP contribution in [0.2, 0.25) is 0 Å². The van der Waals surface area contributed by atoms with Crippen LogP contribution in [0.5, 0.6) is 0 Å². The summed E-state index contributed by atoms with van der Waals surface area (Å²) in [6, 6.07) is 7.27. The van der Waals surface area contributed by atoms with Crippen molar-refractivity contribution in [1.82, 2.24) is 9.57 Å². The van der Waals surface area contributed by atoms with Gasteiger partial charge in [-0.05, 0) is 46.8 Å². The van der Waals surface area contributed by atoms with Gasteiger partial charge in [0.1, 0.15) is 6.19 Å². The van der Waals surface area contributed by atoms with E-state index in [1.807, 2.05) is 0 Å². The van der Waals surface area contributed by atoms with E-state index in [1.54, 1.807) is 0 Å². The van der Waals surface area contributed by atoms with Crippen LogP contribution in [0.1, 0.15) is 33.3 Å². The first kappa shape index (κ1) is 16.7. The Bertz CT molecular complexity index is 612. The van der Waals surface area contributed by atoms with Gasteiger partial charge in [0.05, 0.1) is 5.69 Å². The van der Waals surface area contributed by atoms with Crippen LogP contribution in [0, 0.1) is 6.92 Å². The van der Waals surface area contributed by atoms with Gasteiger partial charge < -0.3 is 4.90 Å². The van der Waals surface area contributed by atoms with Crippen LogP contribution in [-0.2, 0) is 11.8 Å².